The molecule has 0 bridgehead atoms. The van der Waals surface area contributed by atoms with Crippen molar-refractivity contribution in [1.82, 2.24) is 15.1 Å². The molecular weight excluding hydrogens is 709 g/mol. The molecule has 3 aromatic carbocycles. The van der Waals surface area contributed by atoms with Crippen LogP contribution in [0.3, 0.4) is 0 Å². The van der Waals surface area contributed by atoms with Crippen molar-refractivity contribution >= 4 is 11.8 Å². The minimum absolute atomic E-state index is 0.0249. The Morgan fingerprint density at radius 1 is 0.943 bits per heavy atom. The molecule has 1 aliphatic carbocycles. The van der Waals surface area contributed by atoms with Gasteiger partial charge in [-0.15, -0.1) is 0 Å². The van der Waals surface area contributed by atoms with E-state index in [2.05, 4.69) is 22.3 Å². The van der Waals surface area contributed by atoms with Crippen LogP contribution < -0.4 is 11.1 Å². The average molecular weight is 751 g/mol. The van der Waals surface area contributed by atoms with Crippen LogP contribution in [0.25, 0.3) is 0 Å². The first-order valence-electron chi connectivity index (χ1n) is 17.5. The van der Waals surface area contributed by atoms with Gasteiger partial charge in [0.2, 0.25) is 5.91 Å². The SMILES string of the molecule is NCCCNC(=O)CO[C@H]1Cc2ccccc2C12CCN(CC[C@@]1(c3ccc(F)cc3)CN(C(=O)c3cc(C(F)(F)F)cc(C(F)(F)F)c3)CO1)CC2. The minimum atomic E-state index is -5.12. The number of likely N-dealkylation sites (tertiary alicyclic amines) is 1. The lowest BCUT2D eigenvalue weighted by molar-refractivity contribution is -0.143. The molecule has 0 unspecified atom stereocenters. The van der Waals surface area contributed by atoms with Crippen LogP contribution in [0.5, 0.6) is 0 Å². The molecule has 2 heterocycles. The molecule has 0 aromatic heterocycles. The molecule has 15 heteroatoms. The van der Waals surface area contributed by atoms with E-state index in [1.807, 2.05) is 12.1 Å². The number of nitrogens with zero attached hydrogens (tertiary/aromatic N) is 2. The summed E-state index contributed by atoms with van der Waals surface area (Å²) in [5.74, 6) is -1.77. The molecule has 0 radical (unpaired) electrons. The topological polar surface area (TPSA) is 97.1 Å². The molecule has 2 fully saturated rings. The number of rotatable bonds is 11. The predicted octanol–water partition coefficient (Wildman–Crippen LogP) is 6.02. The number of ether oxygens (including phenoxy) is 2. The van der Waals surface area contributed by atoms with E-state index in [1.54, 1.807) is 0 Å². The monoisotopic (exact) mass is 750 g/mol. The first-order chi connectivity index (χ1) is 25.1. The summed E-state index contributed by atoms with van der Waals surface area (Å²) in [7, 11) is 0. The van der Waals surface area contributed by atoms with Gasteiger partial charge in [-0.1, -0.05) is 36.4 Å². The number of benzene rings is 3. The zero-order valence-electron chi connectivity index (χ0n) is 28.9. The summed E-state index contributed by atoms with van der Waals surface area (Å²) in [6, 6.07) is 14.4. The van der Waals surface area contributed by atoms with Crippen molar-refractivity contribution < 1.29 is 49.8 Å². The summed E-state index contributed by atoms with van der Waals surface area (Å²) >= 11 is 0. The van der Waals surface area contributed by atoms with Crippen LogP contribution in [-0.2, 0) is 44.1 Å². The standard InChI is InChI=1S/C38H41F7N4O4/c39-30-8-6-27(7-9-30)36(23-49(24-53-36)34(51)26-18-28(37(40,41)42)21-29(19-26)38(43,44)45)12-17-48-15-10-35(11-16-48)31-5-2-1-4-25(31)20-32(35)52-22-33(50)47-14-3-13-46/h1-2,4-9,18-19,21,32H,3,10-17,20,22-24,46H2,(H,47,50)/t32-,36-/m0/s1. The highest BCUT2D eigenvalue weighted by molar-refractivity contribution is 5.95. The summed E-state index contributed by atoms with van der Waals surface area (Å²) in [6.07, 6.45) is -7.34. The van der Waals surface area contributed by atoms with Crippen LogP contribution in [0.4, 0.5) is 30.7 Å². The van der Waals surface area contributed by atoms with E-state index in [0.29, 0.717) is 69.7 Å². The van der Waals surface area contributed by atoms with E-state index in [0.717, 1.165) is 17.7 Å². The predicted molar refractivity (Wildman–Crippen MR) is 180 cm³/mol. The maximum atomic E-state index is 14.0. The van der Waals surface area contributed by atoms with Crippen molar-refractivity contribution in [3.05, 3.63) is 106 Å². The maximum Gasteiger partial charge on any atom is 0.416 e. The molecule has 3 N–H and O–H groups in total. The Morgan fingerprint density at radius 2 is 1.60 bits per heavy atom. The van der Waals surface area contributed by atoms with Crippen LogP contribution in [0.1, 0.15) is 63.9 Å². The summed E-state index contributed by atoms with van der Waals surface area (Å²) < 4.78 is 108. The Balaban J connectivity index is 1.17. The molecule has 0 saturated carbocycles. The van der Waals surface area contributed by atoms with E-state index in [-0.39, 0.29) is 36.6 Å². The van der Waals surface area contributed by atoms with Gasteiger partial charge in [0.15, 0.2) is 0 Å². The second-order valence-electron chi connectivity index (χ2n) is 14.0. The average Bonchev–Trinajstić information content (AvgIpc) is 3.70. The number of amides is 2. The largest absolute Gasteiger partial charge is 0.416 e. The lowest BCUT2D eigenvalue weighted by atomic mass is 9.72. The summed E-state index contributed by atoms with van der Waals surface area (Å²) in [6.45, 7) is 2.08. The molecule has 3 aromatic rings. The molecule has 1 spiro atoms. The molecule has 53 heavy (non-hydrogen) atoms. The van der Waals surface area contributed by atoms with Crippen LogP contribution in [0, 0.1) is 5.82 Å². The van der Waals surface area contributed by atoms with Crippen molar-refractivity contribution in [2.45, 2.75) is 61.6 Å². The van der Waals surface area contributed by atoms with Gasteiger partial charge in [-0.05, 0) is 98.8 Å². The van der Waals surface area contributed by atoms with Crippen molar-refractivity contribution in [1.29, 1.82) is 0 Å². The summed E-state index contributed by atoms with van der Waals surface area (Å²) in [4.78, 5) is 29.3. The molecule has 3 aliphatic rings. The van der Waals surface area contributed by atoms with E-state index < -0.39 is 53.1 Å². The third kappa shape index (κ3) is 8.37. The molecule has 6 rings (SSSR count). The van der Waals surface area contributed by atoms with Gasteiger partial charge in [0.05, 0.1) is 23.8 Å². The first kappa shape index (κ1) is 38.7. The van der Waals surface area contributed by atoms with E-state index in [1.165, 1.54) is 35.4 Å². The van der Waals surface area contributed by atoms with Crippen LogP contribution in [0.2, 0.25) is 0 Å². The molecule has 8 nitrogen and oxygen atoms in total. The molecule has 2 aliphatic heterocycles. The Kier molecular flexibility index (Phi) is 11.2. The molecular formula is C38H41F7N4O4. The fraction of sp³-hybridized carbons (Fsp3) is 0.474. The van der Waals surface area contributed by atoms with Crippen LogP contribution in [-0.4, -0.2) is 80.3 Å². The third-order valence-corrected chi connectivity index (χ3v) is 10.7. The van der Waals surface area contributed by atoms with E-state index in [4.69, 9.17) is 15.2 Å². The van der Waals surface area contributed by atoms with Gasteiger partial charge in [-0.3, -0.25) is 9.59 Å². The Morgan fingerprint density at radius 3 is 2.25 bits per heavy atom. The minimum Gasteiger partial charge on any atom is -0.367 e. The molecule has 2 saturated heterocycles. The van der Waals surface area contributed by atoms with Crippen molar-refractivity contribution in [3.63, 3.8) is 0 Å². The van der Waals surface area contributed by atoms with Crippen molar-refractivity contribution in [3.8, 4) is 0 Å². The number of fused-ring (bicyclic) bond motifs is 2. The highest BCUT2D eigenvalue weighted by atomic mass is 19.4. The number of nitrogens with two attached hydrogens (primary N) is 1. The highest BCUT2D eigenvalue weighted by Crippen LogP contribution is 2.48. The lowest BCUT2D eigenvalue weighted by Crippen LogP contribution is -2.49. The Labute approximate surface area is 302 Å². The number of piperidine rings is 1. The highest BCUT2D eigenvalue weighted by Gasteiger charge is 2.50. The van der Waals surface area contributed by atoms with Gasteiger partial charge in [0, 0.05) is 24.1 Å². The molecule has 286 valence electrons. The summed E-state index contributed by atoms with van der Waals surface area (Å²) in [5, 5.41) is 2.83. The smallest absolute Gasteiger partial charge is 0.367 e. The van der Waals surface area contributed by atoms with Gasteiger partial charge in [-0.25, -0.2) is 4.39 Å². The van der Waals surface area contributed by atoms with Gasteiger partial charge < -0.3 is 30.3 Å². The van der Waals surface area contributed by atoms with Crippen molar-refractivity contribution in [2.24, 2.45) is 5.73 Å². The van der Waals surface area contributed by atoms with Gasteiger partial charge >= 0.3 is 12.4 Å². The number of hydrogen-bond donors (Lipinski definition) is 2. The second-order valence-corrected chi connectivity index (χ2v) is 14.0. The second kappa shape index (κ2) is 15.4. The number of alkyl halides is 6. The van der Waals surface area contributed by atoms with E-state index >= 15 is 0 Å². The number of halogens is 7. The number of carbonyl (C=O) groups excluding carboxylic acids is 2. The normalized spacial score (nSPS) is 21.6. The Hall–Kier alpha value is -4.05. The fourth-order valence-corrected chi connectivity index (χ4v) is 7.85. The zero-order chi connectivity index (χ0) is 38.0. The van der Waals surface area contributed by atoms with Gasteiger partial charge in [0.1, 0.15) is 24.8 Å². The maximum absolute atomic E-state index is 14.0. The first-order valence-corrected chi connectivity index (χ1v) is 17.5. The quantitative estimate of drug-likeness (QED) is 0.184. The van der Waals surface area contributed by atoms with E-state index in [9.17, 15) is 40.3 Å². The summed E-state index contributed by atoms with van der Waals surface area (Å²) in [5.41, 5.74) is 2.95. The van der Waals surface area contributed by atoms with Crippen LogP contribution in [0.15, 0.2) is 66.7 Å². The number of carbonyl (C=O) groups is 2. The van der Waals surface area contributed by atoms with Crippen molar-refractivity contribution in [2.75, 3.05) is 52.6 Å². The van der Waals surface area contributed by atoms with Gasteiger partial charge in [0.25, 0.3) is 5.91 Å². The fourth-order valence-electron chi connectivity index (χ4n) is 7.85. The molecule has 2 amide bonds. The molecule has 2 atom stereocenters. The number of nitrogens with one attached hydrogen (secondary N) is 1. The van der Waals surface area contributed by atoms with Crippen LogP contribution >= 0.6 is 0 Å². The Bertz CT molecular complexity index is 1740. The third-order valence-electron chi connectivity index (χ3n) is 10.7. The zero-order valence-corrected chi connectivity index (χ0v) is 28.9. The lowest BCUT2D eigenvalue weighted by Gasteiger charge is -2.44. The number of hydrogen-bond acceptors (Lipinski definition) is 6. The van der Waals surface area contributed by atoms with Gasteiger partial charge in [-0.2, -0.15) is 26.3 Å².